The highest BCUT2D eigenvalue weighted by atomic mass is 127. The van der Waals surface area contributed by atoms with E-state index in [1.165, 1.54) is 2.78 Å². The van der Waals surface area contributed by atoms with E-state index in [9.17, 15) is 9.18 Å². The number of fused-ring (bicyclic) bond motifs is 2. The number of rotatable bonds is 0. The third-order valence-corrected chi connectivity index (χ3v) is 6.86. The lowest BCUT2D eigenvalue weighted by atomic mass is 10.1. The van der Waals surface area contributed by atoms with Crippen LogP contribution in [0.4, 0.5) is 10.2 Å². The standard InChI is InChI=1S/C15H14ClFI2N4O2/c1-6-3-21(18)4-8-5-25-13-9-12(11(17)7(2)10(13)16)23(19)15(24)20-14(9)22(6)8/h6,8H,3-5H2,1-2H3. The molecule has 2 aliphatic heterocycles. The molecule has 4 rings (SSSR count). The second-order valence-corrected chi connectivity index (χ2v) is 9.06. The number of anilines is 1. The molecule has 2 atom stereocenters. The minimum absolute atomic E-state index is 0.00708. The van der Waals surface area contributed by atoms with Crippen molar-refractivity contribution in [1.82, 2.24) is 10.9 Å². The highest BCUT2D eigenvalue weighted by Gasteiger charge is 2.38. The van der Waals surface area contributed by atoms with Crippen molar-refractivity contribution in [1.29, 1.82) is 0 Å². The number of nitrogens with zero attached hydrogens (tertiary/aromatic N) is 4. The smallest absolute Gasteiger partial charge is 0.359 e. The van der Waals surface area contributed by atoms with Crippen LogP contribution < -0.4 is 15.3 Å². The zero-order chi connectivity index (χ0) is 18.0. The second kappa shape index (κ2) is 6.34. The number of halogens is 4. The van der Waals surface area contributed by atoms with E-state index in [-0.39, 0.29) is 28.2 Å². The Morgan fingerprint density at radius 2 is 2.08 bits per heavy atom. The molecule has 2 aromatic rings. The predicted molar refractivity (Wildman–Crippen MR) is 112 cm³/mol. The van der Waals surface area contributed by atoms with Crippen LogP contribution in [-0.4, -0.2) is 42.7 Å². The Hall–Kier alpha value is -0.400. The van der Waals surface area contributed by atoms with Gasteiger partial charge in [0.25, 0.3) is 0 Å². The Morgan fingerprint density at radius 3 is 2.80 bits per heavy atom. The normalized spacial score (nSPS) is 23.4. The van der Waals surface area contributed by atoms with Crippen LogP contribution in [0.1, 0.15) is 12.5 Å². The summed E-state index contributed by atoms with van der Waals surface area (Å²) < 4.78 is 24.4. The summed E-state index contributed by atoms with van der Waals surface area (Å²) >= 11 is 10.5. The first kappa shape index (κ1) is 18.0. The summed E-state index contributed by atoms with van der Waals surface area (Å²) in [5.41, 5.74) is -0.0498. The van der Waals surface area contributed by atoms with Gasteiger partial charge in [-0.3, -0.25) is 0 Å². The Labute approximate surface area is 176 Å². The second-order valence-electron chi connectivity index (χ2n) is 6.35. The van der Waals surface area contributed by atoms with Crippen molar-refractivity contribution in [2.75, 3.05) is 24.6 Å². The van der Waals surface area contributed by atoms with Gasteiger partial charge in [-0.05, 0) is 13.8 Å². The predicted octanol–water partition coefficient (Wildman–Crippen LogP) is 3.32. The highest BCUT2D eigenvalue weighted by Crippen LogP contribution is 2.45. The molecule has 6 nitrogen and oxygen atoms in total. The Kier molecular flexibility index (Phi) is 4.56. The minimum atomic E-state index is -0.513. The summed E-state index contributed by atoms with van der Waals surface area (Å²) in [4.78, 5) is 18.8. The Morgan fingerprint density at radius 1 is 1.36 bits per heavy atom. The average Bonchev–Trinajstić information content (AvgIpc) is 2.70. The fraction of sp³-hybridized carbons (Fsp3) is 0.467. The van der Waals surface area contributed by atoms with Crippen LogP contribution in [0.2, 0.25) is 5.02 Å². The largest absolute Gasteiger partial charge is 0.489 e. The zero-order valence-corrected chi connectivity index (χ0v) is 18.5. The van der Waals surface area contributed by atoms with Crippen molar-refractivity contribution < 1.29 is 9.13 Å². The molecule has 0 spiro atoms. The molecule has 0 radical (unpaired) electrons. The lowest BCUT2D eigenvalue weighted by molar-refractivity contribution is 0.236. The molecule has 1 aromatic heterocycles. The van der Waals surface area contributed by atoms with Crippen LogP contribution in [-0.2, 0) is 0 Å². The molecule has 2 aliphatic rings. The van der Waals surface area contributed by atoms with Crippen molar-refractivity contribution in [3.05, 3.63) is 26.9 Å². The lowest BCUT2D eigenvalue weighted by Gasteiger charge is -2.43. The van der Waals surface area contributed by atoms with Gasteiger partial charge in [0.05, 0.1) is 39.3 Å². The van der Waals surface area contributed by atoms with E-state index in [0.29, 0.717) is 23.6 Å². The van der Waals surface area contributed by atoms with Crippen molar-refractivity contribution in [3.8, 4) is 5.75 Å². The summed E-state index contributed by atoms with van der Waals surface area (Å²) in [6, 6.07) is 0.112. The van der Waals surface area contributed by atoms with E-state index in [0.717, 1.165) is 13.1 Å². The van der Waals surface area contributed by atoms with Gasteiger partial charge in [0, 0.05) is 47.6 Å². The maximum Gasteiger partial charge on any atom is 0.359 e. The molecular weight excluding hydrogens is 576 g/mol. The summed E-state index contributed by atoms with van der Waals surface area (Å²) in [6.07, 6.45) is 0. The molecule has 0 N–H and O–H groups in total. The van der Waals surface area contributed by atoms with Gasteiger partial charge in [0.15, 0.2) is 11.6 Å². The number of aromatic nitrogens is 2. The summed E-state index contributed by atoms with van der Waals surface area (Å²) in [5.74, 6) is 0.356. The van der Waals surface area contributed by atoms with Gasteiger partial charge >= 0.3 is 5.69 Å². The molecular formula is C15H14ClFI2N4O2. The molecule has 0 amide bonds. The number of ether oxygens (including phenoxy) is 1. The van der Waals surface area contributed by atoms with Crippen molar-refractivity contribution in [2.45, 2.75) is 25.9 Å². The van der Waals surface area contributed by atoms with Crippen molar-refractivity contribution in [3.63, 3.8) is 0 Å². The van der Waals surface area contributed by atoms with Crippen LogP contribution in [0.25, 0.3) is 10.9 Å². The quantitative estimate of drug-likeness (QED) is 0.348. The number of hydrogen-bond acceptors (Lipinski definition) is 5. The van der Waals surface area contributed by atoms with E-state index in [1.807, 2.05) is 0 Å². The topological polar surface area (TPSA) is 50.6 Å². The number of hydrogen-bond donors (Lipinski definition) is 0. The van der Waals surface area contributed by atoms with Gasteiger partial charge in [-0.15, -0.1) is 0 Å². The molecule has 0 aliphatic carbocycles. The van der Waals surface area contributed by atoms with Crippen LogP contribution >= 0.6 is 57.3 Å². The van der Waals surface area contributed by atoms with E-state index < -0.39 is 11.5 Å². The van der Waals surface area contributed by atoms with Gasteiger partial charge in [0.2, 0.25) is 0 Å². The van der Waals surface area contributed by atoms with Crippen LogP contribution in [0.3, 0.4) is 0 Å². The molecule has 0 saturated carbocycles. The molecule has 1 aromatic carbocycles. The maximum atomic E-state index is 15.0. The van der Waals surface area contributed by atoms with E-state index in [2.05, 4.69) is 42.8 Å². The van der Waals surface area contributed by atoms with Gasteiger partial charge in [0.1, 0.15) is 17.9 Å². The molecule has 134 valence electrons. The summed E-state index contributed by atoms with van der Waals surface area (Å²) in [6.45, 7) is 5.62. The molecule has 3 heterocycles. The number of benzene rings is 1. The first-order valence-corrected chi connectivity index (χ1v) is 10.0. The minimum Gasteiger partial charge on any atom is -0.489 e. The fourth-order valence-corrected chi connectivity index (χ4v) is 5.41. The SMILES string of the molecule is Cc1c(Cl)c2c3c(nc(=O)n(I)c3c1F)N1C(C)CN(I)CC1CO2. The van der Waals surface area contributed by atoms with E-state index in [1.54, 1.807) is 29.8 Å². The monoisotopic (exact) mass is 590 g/mol. The molecule has 1 saturated heterocycles. The summed E-state index contributed by atoms with van der Waals surface area (Å²) in [5, 5.41) is 0.709. The van der Waals surface area contributed by atoms with Crippen LogP contribution in [0.15, 0.2) is 4.79 Å². The first-order valence-electron chi connectivity index (χ1n) is 7.73. The maximum absolute atomic E-state index is 15.0. The molecule has 1 fully saturated rings. The van der Waals surface area contributed by atoms with Gasteiger partial charge in [-0.2, -0.15) is 4.98 Å². The first-order chi connectivity index (χ1) is 11.8. The molecule has 25 heavy (non-hydrogen) atoms. The highest BCUT2D eigenvalue weighted by molar-refractivity contribution is 14.1. The zero-order valence-electron chi connectivity index (χ0n) is 13.4. The van der Waals surface area contributed by atoms with E-state index >= 15 is 0 Å². The Balaban J connectivity index is 2.13. The van der Waals surface area contributed by atoms with Gasteiger partial charge < -0.3 is 9.64 Å². The van der Waals surface area contributed by atoms with Crippen LogP contribution in [0.5, 0.6) is 5.75 Å². The lowest BCUT2D eigenvalue weighted by Crippen LogP contribution is -2.57. The fourth-order valence-electron chi connectivity index (χ4n) is 3.59. The Bertz CT molecular complexity index is 954. The van der Waals surface area contributed by atoms with E-state index in [4.69, 9.17) is 16.3 Å². The summed E-state index contributed by atoms with van der Waals surface area (Å²) in [7, 11) is 0. The van der Waals surface area contributed by atoms with Crippen molar-refractivity contribution in [2.24, 2.45) is 0 Å². The molecule has 2 unspecified atom stereocenters. The third-order valence-electron chi connectivity index (χ3n) is 4.72. The van der Waals surface area contributed by atoms with Gasteiger partial charge in [-0.25, -0.2) is 15.1 Å². The molecule has 10 heteroatoms. The third kappa shape index (κ3) is 2.64. The van der Waals surface area contributed by atoms with Gasteiger partial charge in [-0.1, -0.05) is 11.6 Å². The number of piperazine rings is 1. The van der Waals surface area contributed by atoms with Crippen LogP contribution in [0, 0.1) is 12.7 Å². The molecule has 0 bridgehead atoms. The average molecular weight is 591 g/mol. The van der Waals surface area contributed by atoms with Crippen molar-refractivity contribution >= 4 is 74.1 Å².